The molecule has 1 aromatic carbocycles. The Kier molecular flexibility index (Phi) is 4.39. The number of carbonyl (C=O) groups excluding carboxylic acids is 1. The Morgan fingerprint density at radius 2 is 2.19 bits per heavy atom. The maximum absolute atomic E-state index is 13.4. The maximum Gasteiger partial charge on any atom is 0.307 e. The van der Waals surface area contributed by atoms with Crippen LogP contribution in [0, 0.1) is 5.82 Å². The van der Waals surface area contributed by atoms with E-state index in [1.54, 1.807) is 18.2 Å². The van der Waals surface area contributed by atoms with E-state index in [0.717, 1.165) is 6.29 Å². The van der Waals surface area contributed by atoms with Gasteiger partial charge in [-0.05, 0) is 17.2 Å². The van der Waals surface area contributed by atoms with Crippen LogP contribution in [0.4, 0.5) is 4.39 Å². The largest absolute Gasteiger partial charge is 0.481 e. The first-order valence-corrected chi connectivity index (χ1v) is 4.74. The lowest BCUT2D eigenvalue weighted by Crippen LogP contribution is -2.02. The Labute approximate surface area is 92.2 Å². The van der Waals surface area contributed by atoms with Crippen LogP contribution in [-0.4, -0.2) is 17.4 Å². The molecule has 0 aliphatic carbocycles. The molecule has 1 N–H and O–H groups in total. The summed E-state index contributed by atoms with van der Waals surface area (Å²) in [4.78, 5) is 20.4. The van der Waals surface area contributed by atoms with E-state index in [1.807, 2.05) is 0 Å². The minimum atomic E-state index is -1.07. The van der Waals surface area contributed by atoms with Gasteiger partial charge in [-0.3, -0.25) is 4.79 Å². The van der Waals surface area contributed by atoms with E-state index in [2.05, 4.69) is 0 Å². The van der Waals surface area contributed by atoms with Crippen LogP contribution in [0.2, 0.25) is 0 Å². The number of rotatable bonds is 5. The van der Waals surface area contributed by atoms with Gasteiger partial charge in [0.25, 0.3) is 0 Å². The Hall–Kier alpha value is -1.97. The summed E-state index contributed by atoms with van der Waals surface area (Å²) < 4.78 is 13.4. The molecule has 0 bridgehead atoms. The first kappa shape index (κ1) is 12.1. The summed E-state index contributed by atoms with van der Waals surface area (Å²) >= 11 is 0. The van der Waals surface area contributed by atoms with Crippen molar-refractivity contribution in [3.8, 4) is 0 Å². The Bertz CT molecular complexity index is 424. The molecule has 0 saturated heterocycles. The van der Waals surface area contributed by atoms with Gasteiger partial charge in [0.1, 0.15) is 12.1 Å². The van der Waals surface area contributed by atoms with Gasteiger partial charge in [-0.25, -0.2) is 4.39 Å². The molecule has 0 unspecified atom stereocenters. The molecule has 0 amide bonds. The minimum Gasteiger partial charge on any atom is -0.481 e. The van der Waals surface area contributed by atoms with Gasteiger partial charge >= 0.3 is 5.97 Å². The highest BCUT2D eigenvalue weighted by Crippen LogP contribution is 2.12. The fourth-order valence-electron chi connectivity index (χ4n) is 1.23. The van der Waals surface area contributed by atoms with Gasteiger partial charge in [-0.15, -0.1) is 0 Å². The second kappa shape index (κ2) is 5.80. The standard InChI is InChI=1S/C12H11FO3/c13-11-7-9(3-1-2-6-14)4-5-10(11)8-12(15)16/h1,3-7H,2,8H2,(H,15,16). The van der Waals surface area contributed by atoms with E-state index < -0.39 is 11.8 Å². The van der Waals surface area contributed by atoms with Gasteiger partial charge in [-0.1, -0.05) is 24.3 Å². The Morgan fingerprint density at radius 3 is 2.75 bits per heavy atom. The maximum atomic E-state index is 13.4. The van der Waals surface area contributed by atoms with E-state index in [4.69, 9.17) is 5.11 Å². The average Bonchev–Trinajstić information content (AvgIpc) is 2.22. The molecule has 0 spiro atoms. The number of aliphatic carboxylic acids is 1. The molecule has 1 aromatic rings. The van der Waals surface area contributed by atoms with Crippen molar-refractivity contribution >= 4 is 18.3 Å². The van der Waals surface area contributed by atoms with Crippen molar-refractivity contribution in [2.75, 3.05) is 0 Å². The van der Waals surface area contributed by atoms with Gasteiger partial charge in [0.2, 0.25) is 0 Å². The first-order valence-electron chi connectivity index (χ1n) is 4.74. The highest BCUT2D eigenvalue weighted by molar-refractivity contribution is 5.70. The van der Waals surface area contributed by atoms with Crippen LogP contribution in [0.25, 0.3) is 6.08 Å². The van der Waals surface area contributed by atoms with Gasteiger partial charge in [0.05, 0.1) is 6.42 Å². The number of carboxylic acid groups (broad SMARTS) is 1. The summed E-state index contributed by atoms with van der Waals surface area (Å²) in [7, 11) is 0. The molecular weight excluding hydrogens is 211 g/mol. The SMILES string of the molecule is O=CCC=Cc1ccc(CC(=O)O)c(F)c1. The molecule has 16 heavy (non-hydrogen) atoms. The van der Waals surface area contributed by atoms with Crippen LogP contribution in [0.15, 0.2) is 24.3 Å². The molecule has 0 aromatic heterocycles. The predicted octanol–water partition coefficient (Wildman–Crippen LogP) is 2.06. The summed E-state index contributed by atoms with van der Waals surface area (Å²) in [6, 6.07) is 4.30. The van der Waals surface area contributed by atoms with Crippen molar-refractivity contribution in [2.45, 2.75) is 12.8 Å². The predicted molar refractivity (Wildman–Crippen MR) is 57.5 cm³/mol. The Morgan fingerprint density at radius 1 is 1.44 bits per heavy atom. The second-order valence-electron chi connectivity index (χ2n) is 3.23. The normalized spacial score (nSPS) is 10.6. The number of hydrogen-bond acceptors (Lipinski definition) is 2. The molecular formula is C12H11FO3. The molecule has 0 radical (unpaired) electrons. The quantitative estimate of drug-likeness (QED) is 0.776. The molecule has 4 heteroatoms. The zero-order chi connectivity index (χ0) is 12.0. The molecule has 84 valence electrons. The van der Waals surface area contributed by atoms with E-state index in [9.17, 15) is 14.0 Å². The summed E-state index contributed by atoms with van der Waals surface area (Å²) in [5.41, 5.74) is 0.758. The molecule has 1 rings (SSSR count). The van der Waals surface area contributed by atoms with Crippen molar-refractivity contribution < 1.29 is 19.1 Å². The Balaban J connectivity index is 2.82. The number of carbonyl (C=O) groups is 2. The number of carboxylic acids is 1. The van der Waals surface area contributed by atoms with E-state index in [1.165, 1.54) is 12.1 Å². The van der Waals surface area contributed by atoms with Crippen LogP contribution in [0.3, 0.4) is 0 Å². The molecule has 0 saturated carbocycles. The molecule has 0 aliphatic rings. The lowest BCUT2D eigenvalue weighted by Gasteiger charge is -2.00. The van der Waals surface area contributed by atoms with Crippen LogP contribution >= 0.6 is 0 Å². The van der Waals surface area contributed by atoms with Crippen molar-refractivity contribution in [1.82, 2.24) is 0 Å². The molecule has 0 aliphatic heterocycles. The zero-order valence-corrected chi connectivity index (χ0v) is 8.52. The lowest BCUT2D eigenvalue weighted by atomic mass is 10.1. The number of allylic oxidation sites excluding steroid dienone is 1. The third-order valence-electron chi connectivity index (χ3n) is 1.96. The lowest BCUT2D eigenvalue weighted by molar-refractivity contribution is -0.136. The fourth-order valence-corrected chi connectivity index (χ4v) is 1.23. The third kappa shape index (κ3) is 3.65. The molecule has 3 nitrogen and oxygen atoms in total. The number of hydrogen-bond donors (Lipinski definition) is 1. The first-order chi connectivity index (χ1) is 7.63. The van der Waals surface area contributed by atoms with Crippen molar-refractivity contribution in [3.63, 3.8) is 0 Å². The second-order valence-corrected chi connectivity index (χ2v) is 3.23. The number of aldehydes is 1. The third-order valence-corrected chi connectivity index (χ3v) is 1.96. The van der Waals surface area contributed by atoms with E-state index in [0.29, 0.717) is 5.56 Å². The molecule has 0 fully saturated rings. The van der Waals surface area contributed by atoms with Crippen LogP contribution in [-0.2, 0) is 16.0 Å². The molecule has 0 atom stereocenters. The summed E-state index contributed by atoms with van der Waals surface area (Å²) in [6.07, 6.45) is 3.91. The average molecular weight is 222 g/mol. The van der Waals surface area contributed by atoms with Crippen LogP contribution in [0.1, 0.15) is 17.5 Å². The minimum absolute atomic E-state index is 0.153. The van der Waals surface area contributed by atoms with Crippen molar-refractivity contribution in [2.24, 2.45) is 0 Å². The molecule has 0 heterocycles. The van der Waals surface area contributed by atoms with Gasteiger partial charge in [0.15, 0.2) is 0 Å². The zero-order valence-electron chi connectivity index (χ0n) is 8.52. The monoisotopic (exact) mass is 222 g/mol. The fraction of sp³-hybridized carbons (Fsp3) is 0.167. The summed E-state index contributed by atoms with van der Waals surface area (Å²) in [5, 5.41) is 8.51. The van der Waals surface area contributed by atoms with E-state index in [-0.39, 0.29) is 18.4 Å². The highest BCUT2D eigenvalue weighted by Gasteiger charge is 2.06. The summed E-state index contributed by atoms with van der Waals surface area (Å²) in [5.74, 6) is -1.61. The highest BCUT2D eigenvalue weighted by atomic mass is 19.1. The van der Waals surface area contributed by atoms with Crippen LogP contribution < -0.4 is 0 Å². The van der Waals surface area contributed by atoms with Crippen molar-refractivity contribution in [1.29, 1.82) is 0 Å². The van der Waals surface area contributed by atoms with Crippen molar-refractivity contribution in [3.05, 3.63) is 41.2 Å². The van der Waals surface area contributed by atoms with Crippen LogP contribution in [0.5, 0.6) is 0 Å². The number of benzene rings is 1. The van der Waals surface area contributed by atoms with Gasteiger partial charge < -0.3 is 9.90 Å². The van der Waals surface area contributed by atoms with Gasteiger partial charge in [-0.2, -0.15) is 0 Å². The topological polar surface area (TPSA) is 54.4 Å². The van der Waals surface area contributed by atoms with Gasteiger partial charge in [0, 0.05) is 6.42 Å². The summed E-state index contributed by atoms with van der Waals surface area (Å²) in [6.45, 7) is 0. The van der Waals surface area contributed by atoms with E-state index >= 15 is 0 Å². The number of halogens is 1. The smallest absolute Gasteiger partial charge is 0.307 e.